The van der Waals surface area contributed by atoms with E-state index in [9.17, 15) is 4.79 Å². The van der Waals surface area contributed by atoms with Gasteiger partial charge in [-0.15, -0.1) is 0 Å². The summed E-state index contributed by atoms with van der Waals surface area (Å²) in [4.78, 5) is 18.7. The van der Waals surface area contributed by atoms with Crippen molar-refractivity contribution in [2.45, 2.75) is 39.3 Å². The predicted molar refractivity (Wildman–Crippen MR) is 76.0 cm³/mol. The lowest BCUT2D eigenvalue weighted by molar-refractivity contribution is 0.0557. The molecule has 1 fully saturated rings. The molecule has 1 saturated heterocycles. The summed E-state index contributed by atoms with van der Waals surface area (Å²) in [6.45, 7) is 8.14. The van der Waals surface area contributed by atoms with E-state index in [1.54, 1.807) is 12.3 Å². The first-order chi connectivity index (χ1) is 9.08. The number of carbonyl (C=O) groups is 1. The number of hydrogen-bond donors (Lipinski definition) is 1. The molecule has 104 valence electrons. The van der Waals surface area contributed by atoms with Crippen LogP contribution in [-0.2, 0) is 0 Å². The van der Waals surface area contributed by atoms with Crippen LogP contribution in [-0.4, -0.2) is 41.0 Å². The van der Waals surface area contributed by atoms with Crippen LogP contribution in [0.3, 0.4) is 0 Å². The van der Waals surface area contributed by atoms with Gasteiger partial charge in [0, 0.05) is 31.4 Å². The smallest absolute Gasteiger partial charge is 0.272 e. The van der Waals surface area contributed by atoms with Gasteiger partial charge in [-0.3, -0.25) is 9.78 Å². The van der Waals surface area contributed by atoms with E-state index in [1.165, 1.54) is 0 Å². The van der Waals surface area contributed by atoms with Crippen molar-refractivity contribution in [3.8, 4) is 0 Å². The Bertz CT molecular complexity index is 419. The van der Waals surface area contributed by atoms with Gasteiger partial charge in [0.15, 0.2) is 0 Å². The molecule has 1 aliphatic rings. The zero-order valence-corrected chi connectivity index (χ0v) is 12.0. The molecule has 0 saturated carbocycles. The van der Waals surface area contributed by atoms with Crippen molar-refractivity contribution in [2.75, 3.05) is 13.1 Å². The molecule has 2 rings (SSSR count). The summed E-state index contributed by atoms with van der Waals surface area (Å²) in [7, 11) is 0. The highest BCUT2D eigenvalue weighted by molar-refractivity contribution is 5.92. The Morgan fingerprint density at radius 2 is 2.32 bits per heavy atom. The van der Waals surface area contributed by atoms with E-state index >= 15 is 0 Å². The van der Waals surface area contributed by atoms with Crippen molar-refractivity contribution >= 4 is 5.91 Å². The quantitative estimate of drug-likeness (QED) is 0.904. The average Bonchev–Trinajstić information content (AvgIpc) is 2.40. The number of nitrogens with zero attached hydrogens (tertiary/aromatic N) is 2. The van der Waals surface area contributed by atoms with Gasteiger partial charge in [0.05, 0.1) is 0 Å². The molecule has 0 radical (unpaired) electrons. The molecule has 0 aliphatic carbocycles. The molecule has 1 amide bonds. The third kappa shape index (κ3) is 3.53. The first kappa shape index (κ1) is 14.0. The number of carbonyl (C=O) groups excluding carboxylic acids is 1. The van der Waals surface area contributed by atoms with E-state index < -0.39 is 0 Å². The number of rotatable bonds is 3. The number of nitrogens with one attached hydrogen (secondary N) is 1. The Morgan fingerprint density at radius 1 is 1.53 bits per heavy atom. The van der Waals surface area contributed by atoms with Gasteiger partial charge >= 0.3 is 0 Å². The molecule has 0 spiro atoms. The van der Waals surface area contributed by atoms with Crippen LogP contribution in [0.2, 0.25) is 0 Å². The second-order valence-corrected chi connectivity index (χ2v) is 5.77. The van der Waals surface area contributed by atoms with Crippen LogP contribution in [0.4, 0.5) is 0 Å². The predicted octanol–water partition coefficient (Wildman–Crippen LogP) is 1.93. The van der Waals surface area contributed by atoms with Gasteiger partial charge in [-0.2, -0.15) is 0 Å². The van der Waals surface area contributed by atoms with E-state index in [-0.39, 0.29) is 11.9 Å². The molecule has 2 atom stereocenters. The van der Waals surface area contributed by atoms with Crippen molar-refractivity contribution in [1.82, 2.24) is 15.2 Å². The first-order valence-corrected chi connectivity index (χ1v) is 7.03. The lowest BCUT2D eigenvalue weighted by Gasteiger charge is -2.40. The summed E-state index contributed by atoms with van der Waals surface area (Å²) in [6.07, 6.45) is 2.70. The third-order valence-corrected chi connectivity index (χ3v) is 3.50. The number of piperazine rings is 1. The molecule has 4 nitrogen and oxygen atoms in total. The van der Waals surface area contributed by atoms with Gasteiger partial charge in [0.25, 0.3) is 5.91 Å². The van der Waals surface area contributed by atoms with Crippen LogP contribution in [0.25, 0.3) is 0 Å². The standard InChI is InChI=1S/C15H23N3O/c1-11(2)8-13-9-17-12(3)10-18(13)15(19)14-6-4-5-7-16-14/h4-7,11-13,17H,8-10H2,1-3H3. The van der Waals surface area contributed by atoms with E-state index in [0.29, 0.717) is 17.7 Å². The van der Waals surface area contributed by atoms with Crippen molar-refractivity contribution in [2.24, 2.45) is 5.92 Å². The second kappa shape index (κ2) is 6.15. The second-order valence-electron chi connectivity index (χ2n) is 5.77. The fraction of sp³-hybridized carbons (Fsp3) is 0.600. The maximum absolute atomic E-state index is 12.6. The van der Waals surface area contributed by atoms with Gasteiger partial charge in [-0.25, -0.2) is 0 Å². The van der Waals surface area contributed by atoms with Gasteiger partial charge in [-0.05, 0) is 31.4 Å². The van der Waals surface area contributed by atoms with E-state index in [2.05, 4.69) is 31.1 Å². The zero-order valence-electron chi connectivity index (χ0n) is 12.0. The van der Waals surface area contributed by atoms with Crippen LogP contribution in [0, 0.1) is 5.92 Å². The lowest BCUT2D eigenvalue weighted by atomic mass is 9.99. The van der Waals surface area contributed by atoms with Gasteiger partial charge in [-0.1, -0.05) is 19.9 Å². The SMILES string of the molecule is CC(C)CC1CNC(C)CN1C(=O)c1ccccn1. The highest BCUT2D eigenvalue weighted by Crippen LogP contribution is 2.17. The summed E-state index contributed by atoms with van der Waals surface area (Å²) in [5.41, 5.74) is 0.547. The number of amides is 1. The minimum atomic E-state index is 0.0552. The number of aromatic nitrogens is 1. The Balaban J connectivity index is 2.15. The molecule has 19 heavy (non-hydrogen) atoms. The van der Waals surface area contributed by atoms with Crippen molar-refractivity contribution < 1.29 is 4.79 Å². The number of pyridine rings is 1. The summed E-state index contributed by atoms with van der Waals surface area (Å²) in [6, 6.07) is 6.11. The van der Waals surface area contributed by atoms with Crippen LogP contribution < -0.4 is 5.32 Å². The summed E-state index contributed by atoms with van der Waals surface area (Å²) in [5, 5.41) is 3.46. The fourth-order valence-electron chi connectivity index (χ4n) is 2.60. The molecular weight excluding hydrogens is 238 g/mol. The Kier molecular flexibility index (Phi) is 4.53. The first-order valence-electron chi connectivity index (χ1n) is 7.03. The molecule has 4 heteroatoms. The maximum atomic E-state index is 12.6. The van der Waals surface area contributed by atoms with E-state index in [0.717, 1.165) is 19.5 Å². The molecule has 1 aromatic heterocycles. The molecule has 1 aromatic rings. The van der Waals surface area contributed by atoms with Crippen LogP contribution in [0.15, 0.2) is 24.4 Å². The van der Waals surface area contributed by atoms with E-state index in [1.807, 2.05) is 17.0 Å². The molecule has 1 N–H and O–H groups in total. The molecule has 0 bridgehead atoms. The Morgan fingerprint density at radius 3 is 2.95 bits per heavy atom. The van der Waals surface area contributed by atoms with Crippen LogP contribution >= 0.6 is 0 Å². The molecule has 2 unspecified atom stereocenters. The highest BCUT2D eigenvalue weighted by Gasteiger charge is 2.30. The lowest BCUT2D eigenvalue weighted by Crippen LogP contribution is -2.57. The molecule has 2 heterocycles. The summed E-state index contributed by atoms with van der Waals surface area (Å²) in [5.74, 6) is 0.638. The maximum Gasteiger partial charge on any atom is 0.272 e. The summed E-state index contributed by atoms with van der Waals surface area (Å²) >= 11 is 0. The van der Waals surface area contributed by atoms with E-state index in [4.69, 9.17) is 0 Å². The summed E-state index contributed by atoms with van der Waals surface area (Å²) < 4.78 is 0. The van der Waals surface area contributed by atoms with Crippen molar-refractivity contribution in [3.63, 3.8) is 0 Å². The monoisotopic (exact) mass is 261 g/mol. The largest absolute Gasteiger partial charge is 0.331 e. The third-order valence-electron chi connectivity index (χ3n) is 3.50. The van der Waals surface area contributed by atoms with Crippen LogP contribution in [0.5, 0.6) is 0 Å². The minimum absolute atomic E-state index is 0.0552. The van der Waals surface area contributed by atoms with Crippen LogP contribution in [0.1, 0.15) is 37.7 Å². The van der Waals surface area contributed by atoms with Crippen molar-refractivity contribution in [3.05, 3.63) is 30.1 Å². The number of hydrogen-bond acceptors (Lipinski definition) is 3. The zero-order chi connectivity index (χ0) is 13.8. The van der Waals surface area contributed by atoms with Gasteiger partial charge in [0.1, 0.15) is 5.69 Å². The highest BCUT2D eigenvalue weighted by atomic mass is 16.2. The molecule has 0 aromatic carbocycles. The average molecular weight is 261 g/mol. The Hall–Kier alpha value is -1.42. The fourth-order valence-corrected chi connectivity index (χ4v) is 2.60. The topological polar surface area (TPSA) is 45.2 Å². The van der Waals surface area contributed by atoms with Crippen molar-refractivity contribution in [1.29, 1.82) is 0 Å². The van der Waals surface area contributed by atoms with Gasteiger partial charge < -0.3 is 10.2 Å². The normalized spacial score (nSPS) is 23.7. The molecule has 1 aliphatic heterocycles. The Labute approximate surface area is 115 Å². The molecular formula is C15H23N3O. The minimum Gasteiger partial charge on any atom is -0.331 e. The van der Waals surface area contributed by atoms with Gasteiger partial charge in [0.2, 0.25) is 0 Å².